The maximum atomic E-state index is 11.0. The van der Waals surface area contributed by atoms with Crippen molar-refractivity contribution in [1.29, 1.82) is 0 Å². The van der Waals surface area contributed by atoms with Crippen molar-refractivity contribution in [2.75, 3.05) is 0 Å². The first-order valence-corrected chi connectivity index (χ1v) is 11.5. The molecule has 0 amide bonds. The molecule has 2 aromatic rings. The summed E-state index contributed by atoms with van der Waals surface area (Å²) in [6.45, 7) is 0. The van der Waals surface area contributed by atoms with Crippen molar-refractivity contribution in [3.8, 4) is 11.5 Å². The van der Waals surface area contributed by atoms with Crippen LogP contribution in [0.3, 0.4) is 0 Å². The molecule has 0 aromatic heterocycles. The molecule has 0 spiro atoms. The van der Waals surface area contributed by atoms with Crippen molar-refractivity contribution in [3.63, 3.8) is 0 Å². The zero-order valence-corrected chi connectivity index (χ0v) is 29.3. The van der Waals surface area contributed by atoms with Gasteiger partial charge in [0.05, 0.1) is 15.0 Å². The maximum absolute atomic E-state index is 11.0. The molecule has 0 aliphatic heterocycles. The Hall–Kier alpha value is 3.79. The largest absolute Gasteiger partial charge is 1.00 e. The van der Waals surface area contributed by atoms with Gasteiger partial charge < -0.3 is 23.6 Å². The Morgan fingerprint density at radius 3 is 2.10 bits per heavy atom. The van der Waals surface area contributed by atoms with E-state index < -0.39 is 29.1 Å². The van der Waals surface area contributed by atoms with Crippen LogP contribution >= 0.6 is 30.8 Å². The van der Waals surface area contributed by atoms with E-state index >= 15 is 0 Å². The Morgan fingerprint density at radius 2 is 1.57 bits per heavy atom. The molecule has 0 radical (unpaired) electrons. The summed E-state index contributed by atoms with van der Waals surface area (Å²) in [4.78, 5) is 19.5. The molecule has 0 bridgehead atoms. The van der Waals surface area contributed by atoms with Crippen molar-refractivity contribution in [2.24, 2.45) is 0 Å². The number of rotatable bonds is 8. The minimum atomic E-state index is -5.53. The molecule has 2 rings (SSSR count). The monoisotopic (exact) mass is 568 g/mol. The van der Waals surface area contributed by atoms with Crippen LogP contribution in [0.15, 0.2) is 42.5 Å². The molecule has 14 heteroatoms. The Kier molecular flexibility index (Phi) is 19.8. The number of ether oxygens (including phenoxy) is 1. The molecule has 1 atom stereocenters. The summed E-state index contributed by atoms with van der Waals surface area (Å²) in [7, 11) is -10.8. The standard InChI is InChI=1S/C16H17Cl2O7PS.3K/c17-14-8-7-13(10-15(14)18)25-12-5-1-3-11(9-12)4-2-6-16(26(19,20)21)27(22,23)24;;;/h1,3,5,7-10,16H,2,4,6H2,(H2,19,20,21)(H,22,23,24);;;/q;3*+1/p-3. The van der Waals surface area contributed by atoms with E-state index in [1.54, 1.807) is 42.5 Å². The third-order valence-electron chi connectivity index (χ3n) is 3.63. The number of hydrogen-bond acceptors (Lipinski definition) is 7. The molecule has 0 saturated heterocycles. The minimum Gasteiger partial charge on any atom is -0.810 e. The molecule has 7 nitrogen and oxygen atoms in total. The van der Waals surface area contributed by atoms with Crippen LogP contribution in [0, 0.1) is 0 Å². The van der Waals surface area contributed by atoms with Crippen LogP contribution in [0.5, 0.6) is 11.5 Å². The van der Waals surface area contributed by atoms with Crippen LogP contribution < -0.4 is 169 Å². The first kappa shape index (κ1) is 35.9. The Balaban J connectivity index is 0. The van der Waals surface area contributed by atoms with Crippen molar-refractivity contribution in [3.05, 3.63) is 58.1 Å². The third kappa shape index (κ3) is 12.7. The van der Waals surface area contributed by atoms with Gasteiger partial charge in [0, 0.05) is 6.07 Å². The van der Waals surface area contributed by atoms with Crippen molar-refractivity contribution >= 4 is 40.9 Å². The van der Waals surface area contributed by atoms with Gasteiger partial charge in [0.2, 0.25) is 0 Å². The van der Waals surface area contributed by atoms with Gasteiger partial charge in [-0.3, -0.25) is 0 Å². The van der Waals surface area contributed by atoms with E-state index in [2.05, 4.69) is 0 Å². The summed E-state index contributed by atoms with van der Waals surface area (Å²) in [6.07, 6.45) is -0.282. The summed E-state index contributed by atoms with van der Waals surface area (Å²) in [5, 5.41) is 0.713. The van der Waals surface area contributed by atoms with Gasteiger partial charge in [-0.15, -0.1) is 0 Å². The molecule has 2 aromatic carbocycles. The predicted octanol–water partition coefficient (Wildman–Crippen LogP) is -6.09. The van der Waals surface area contributed by atoms with Gasteiger partial charge in [-0.05, 0) is 49.1 Å². The number of halogens is 2. The first-order chi connectivity index (χ1) is 12.5. The first-order valence-electron chi connectivity index (χ1n) is 7.65. The average molecular weight is 570 g/mol. The van der Waals surface area contributed by atoms with E-state index in [4.69, 9.17) is 27.9 Å². The van der Waals surface area contributed by atoms with Crippen LogP contribution in [0.25, 0.3) is 0 Å². The number of aryl methyl sites for hydroxylation is 1. The van der Waals surface area contributed by atoms with Crippen LogP contribution in [0.1, 0.15) is 18.4 Å². The van der Waals surface area contributed by atoms with Crippen LogP contribution in [-0.2, 0) is 21.1 Å². The smallest absolute Gasteiger partial charge is 0.810 e. The average Bonchev–Trinajstić information content (AvgIpc) is 2.53. The van der Waals surface area contributed by atoms with Gasteiger partial charge in [-0.1, -0.05) is 42.9 Å². The van der Waals surface area contributed by atoms with E-state index in [0.29, 0.717) is 27.1 Å². The number of benzene rings is 2. The van der Waals surface area contributed by atoms with Crippen LogP contribution in [0.4, 0.5) is 0 Å². The molecule has 0 saturated carbocycles. The Morgan fingerprint density at radius 1 is 0.967 bits per heavy atom. The molecule has 148 valence electrons. The molecule has 0 N–H and O–H groups in total. The fraction of sp³-hybridized carbons (Fsp3) is 0.250. The van der Waals surface area contributed by atoms with E-state index in [9.17, 15) is 27.3 Å². The van der Waals surface area contributed by atoms with E-state index in [1.165, 1.54) is 0 Å². The summed E-state index contributed by atoms with van der Waals surface area (Å²) < 4.78 is 49.5. The molecule has 0 fully saturated rings. The van der Waals surface area contributed by atoms with Crippen LogP contribution in [-0.4, -0.2) is 18.0 Å². The second-order valence-electron chi connectivity index (χ2n) is 5.70. The quantitative estimate of drug-likeness (QED) is 0.176. The molecular formula is C16H14Cl2K3O7PS. The summed E-state index contributed by atoms with van der Waals surface area (Å²) in [5.41, 5.74) is 0.709. The SMILES string of the molecule is O=P([O-])([O-])C(CCCc1cccc(Oc2ccc(Cl)c(Cl)c2)c1)S(=O)(=O)[O-].[K+].[K+].[K+]. The minimum absolute atomic E-state index is 0. The molecule has 1 unspecified atom stereocenters. The second kappa shape index (κ2) is 16.5. The summed E-state index contributed by atoms with van der Waals surface area (Å²) in [5.74, 6) is 0.926. The Labute approximate surface area is 313 Å². The van der Waals surface area contributed by atoms with E-state index in [0.717, 1.165) is 0 Å². The summed E-state index contributed by atoms with van der Waals surface area (Å²) >= 11 is 11.8. The van der Waals surface area contributed by atoms with Gasteiger partial charge in [0.15, 0.2) is 0 Å². The molecule has 30 heavy (non-hydrogen) atoms. The molecule has 0 aliphatic rings. The number of hydrogen-bond donors (Lipinski definition) is 0. The van der Waals surface area contributed by atoms with Gasteiger partial charge in [0.1, 0.15) is 21.6 Å². The van der Waals surface area contributed by atoms with Crippen molar-refractivity contribution in [1.82, 2.24) is 0 Å². The van der Waals surface area contributed by atoms with Gasteiger partial charge in [-0.25, -0.2) is 8.42 Å². The summed E-state index contributed by atoms with van der Waals surface area (Å²) in [6, 6.07) is 11.5. The fourth-order valence-corrected chi connectivity index (χ4v) is 4.89. The van der Waals surface area contributed by atoms with Crippen molar-refractivity contribution in [2.45, 2.75) is 24.3 Å². The second-order valence-corrected chi connectivity index (χ2v) is 10.1. The zero-order chi connectivity index (χ0) is 20.2. The predicted molar refractivity (Wildman–Crippen MR) is 97.0 cm³/mol. The maximum Gasteiger partial charge on any atom is 1.00 e. The Bertz CT molecular complexity index is 973. The van der Waals surface area contributed by atoms with E-state index in [1.807, 2.05) is 0 Å². The normalized spacial score (nSPS) is 12.0. The fourth-order valence-electron chi connectivity index (χ4n) is 2.38. The third-order valence-corrected chi connectivity index (χ3v) is 7.78. The zero-order valence-electron chi connectivity index (χ0n) is 16.7. The van der Waals surface area contributed by atoms with Crippen LogP contribution in [0.2, 0.25) is 10.0 Å². The van der Waals surface area contributed by atoms with Gasteiger partial charge in [0.25, 0.3) is 0 Å². The molecule has 0 heterocycles. The van der Waals surface area contributed by atoms with Gasteiger partial charge >= 0.3 is 154 Å². The molecule has 0 aliphatic carbocycles. The van der Waals surface area contributed by atoms with Gasteiger partial charge in [-0.2, -0.15) is 0 Å². The topological polar surface area (TPSA) is 130 Å². The van der Waals surface area contributed by atoms with Crippen molar-refractivity contribution < 1.29 is 186 Å². The molecular weight excluding hydrogens is 555 g/mol. The van der Waals surface area contributed by atoms with E-state index in [-0.39, 0.29) is 167 Å².